The summed E-state index contributed by atoms with van der Waals surface area (Å²) in [5, 5.41) is 12.5. The van der Waals surface area contributed by atoms with Gasteiger partial charge < -0.3 is 10.0 Å². The average molecular weight is 404 g/mol. The summed E-state index contributed by atoms with van der Waals surface area (Å²) in [5.74, 6) is 0. The molecule has 0 amide bonds. The van der Waals surface area contributed by atoms with E-state index in [-0.39, 0.29) is 23.6 Å². The van der Waals surface area contributed by atoms with Crippen molar-refractivity contribution in [2.24, 2.45) is 4.99 Å². The van der Waals surface area contributed by atoms with Crippen molar-refractivity contribution in [1.82, 2.24) is 4.90 Å². The van der Waals surface area contributed by atoms with E-state index >= 15 is 0 Å². The molecular weight excluding hydrogens is 392 g/mol. The summed E-state index contributed by atoms with van der Waals surface area (Å²) in [4.78, 5) is 8.81. The Hall–Kier alpha value is -0.530. The number of nitrogens with zero attached hydrogens (tertiary/aromatic N) is 2. The van der Waals surface area contributed by atoms with E-state index < -0.39 is 0 Å². The summed E-state index contributed by atoms with van der Waals surface area (Å²) in [6.45, 7) is 1.77. The topological polar surface area (TPSA) is 35.8 Å². The van der Waals surface area contributed by atoms with Crippen LogP contribution in [0.1, 0.15) is 4.88 Å². The van der Waals surface area contributed by atoms with Crippen molar-refractivity contribution in [1.29, 1.82) is 0 Å². The van der Waals surface area contributed by atoms with E-state index in [2.05, 4.69) is 22.0 Å². The fraction of sp³-hybridized carbons (Fsp3) is 0.214. The molecule has 1 N–H and O–H groups in total. The van der Waals surface area contributed by atoms with Crippen LogP contribution in [0, 0.1) is 0 Å². The molecule has 0 aliphatic carbocycles. The van der Waals surface area contributed by atoms with Gasteiger partial charge in [-0.05, 0) is 17.5 Å². The molecule has 1 aromatic carbocycles. The SMILES string of the molecule is Br.OCC1=C(c2cc3cccc(Cl)c3s2)N2CCN=C2S1. The molecule has 0 atom stereocenters. The van der Waals surface area contributed by atoms with Crippen LogP contribution in [0.25, 0.3) is 15.8 Å². The molecule has 2 aliphatic rings. The van der Waals surface area contributed by atoms with Gasteiger partial charge in [0, 0.05) is 11.4 Å². The van der Waals surface area contributed by atoms with Crippen LogP contribution in [-0.4, -0.2) is 34.9 Å². The van der Waals surface area contributed by atoms with E-state index in [1.165, 1.54) is 0 Å². The lowest BCUT2D eigenvalue weighted by atomic mass is 10.2. The Morgan fingerprint density at radius 3 is 3.00 bits per heavy atom. The third-order valence-corrected chi connectivity index (χ3v) is 6.14. The number of aliphatic hydroxyl groups is 1. The van der Waals surface area contributed by atoms with Crippen LogP contribution in [0.4, 0.5) is 0 Å². The van der Waals surface area contributed by atoms with Crippen LogP contribution in [0.3, 0.4) is 0 Å². The third-order valence-electron chi connectivity index (χ3n) is 3.42. The molecule has 0 fully saturated rings. The van der Waals surface area contributed by atoms with Gasteiger partial charge in [-0.2, -0.15) is 0 Å². The van der Waals surface area contributed by atoms with E-state index in [1.54, 1.807) is 23.1 Å². The molecule has 110 valence electrons. The standard InChI is InChI=1S/C14H11ClN2OS2.BrH/c15-9-3-1-2-8-6-10(19-13(8)9)12-11(7-18)20-14-16-4-5-17(12)14;/h1-3,6,18H,4-5,7H2;1H. The van der Waals surface area contributed by atoms with Gasteiger partial charge in [0.2, 0.25) is 0 Å². The first kappa shape index (κ1) is 15.4. The van der Waals surface area contributed by atoms with Crippen molar-refractivity contribution in [3.63, 3.8) is 0 Å². The largest absolute Gasteiger partial charge is 0.391 e. The van der Waals surface area contributed by atoms with Crippen molar-refractivity contribution in [3.8, 4) is 0 Å². The number of aliphatic hydroxyl groups excluding tert-OH is 1. The summed E-state index contributed by atoms with van der Waals surface area (Å²) in [6.07, 6.45) is 0. The molecule has 0 saturated carbocycles. The number of thiophene rings is 1. The average Bonchev–Trinajstić information content (AvgIpc) is 3.10. The number of aliphatic imine (C=N–C) groups is 1. The summed E-state index contributed by atoms with van der Waals surface area (Å²) in [5.41, 5.74) is 1.10. The Bertz CT molecular complexity index is 771. The second-order valence-corrected chi connectivity index (χ2v) is 7.14. The summed E-state index contributed by atoms with van der Waals surface area (Å²) < 4.78 is 1.10. The van der Waals surface area contributed by atoms with Crippen LogP contribution < -0.4 is 0 Å². The lowest BCUT2D eigenvalue weighted by molar-refractivity contribution is 0.339. The number of halogens is 2. The molecule has 7 heteroatoms. The number of fused-ring (bicyclic) bond motifs is 2. The van der Waals surface area contributed by atoms with E-state index in [4.69, 9.17) is 11.6 Å². The predicted molar refractivity (Wildman–Crippen MR) is 97.8 cm³/mol. The van der Waals surface area contributed by atoms with Gasteiger partial charge in [-0.1, -0.05) is 35.5 Å². The second-order valence-electron chi connectivity index (χ2n) is 4.62. The van der Waals surface area contributed by atoms with E-state index in [9.17, 15) is 5.11 Å². The molecule has 2 aromatic rings. The minimum atomic E-state index is 0. The smallest absolute Gasteiger partial charge is 0.168 e. The van der Waals surface area contributed by atoms with Gasteiger partial charge in [0.25, 0.3) is 0 Å². The molecule has 0 radical (unpaired) electrons. The van der Waals surface area contributed by atoms with Crippen molar-refractivity contribution in [2.45, 2.75) is 0 Å². The van der Waals surface area contributed by atoms with Crippen molar-refractivity contribution >= 4 is 72.6 Å². The van der Waals surface area contributed by atoms with Crippen molar-refractivity contribution in [2.75, 3.05) is 19.7 Å². The van der Waals surface area contributed by atoms with E-state index in [0.29, 0.717) is 0 Å². The number of hydrogen-bond acceptors (Lipinski definition) is 5. The van der Waals surface area contributed by atoms with Crippen molar-refractivity contribution in [3.05, 3.63) is 39.1 Å². The van der Waals surface area contributed by atoms with E-state index in [1.807, 2.05) is 12.1 Å². The summed E-state index contributed by atoms with van der Waals surface area (Å²) in [6, 6.07) is 8.10. The highest BCUT2D eigenvalue weighted by atomic mass is 79.9. The quantitative estimate of drug-likeness (QED) is 0.816. The van der Waals surface area contributed by atoms with Gasteiger partial charge in [-0.25, -0.2) is 0 Å². The molecule has 3 nitrogen and oxygen atoms in total. The third kappa shape index (κ3) is 2.43. The Balaban J connectivity index is 0.00000132. The van der Waals surface area contributed by atoms with Crippen molar-refractivity contribution < 1.29 is 5.11 Å². The van der Waals surface area contributed by atoms with Gasteiger partial charge in [0.15, 0.2) is 5.17 Å². The highest BCUT2D eigenvalue weighted by Crippen LogP contribution is 2.45. The highest BCUT2D eigenvalue weighted by Gasteiger charge is 2.33. The van der Waals surface area contributed by atoms with Gasteiger partial charge in [0.05, 0.1) is 33.4 Å². The van der Waals surface area contributed by atoms with Crippen LogP contribution >= 0.6 is 51.7 Å². The second kappa shape index (κ2) is 5.93. The number of hydrogen-bond donors (Lipinski definition) is 1. The number of thioether (sulfide) groups is 1. The molecule has 0 bridgehead atoms. The lowest BCUT2D eigenvalue weighted by Crippen LogP contribution is -2.19. The van der Waals surface area contributed by atoms with Crippen LogP contribution in [0.15, 0.2) is 34.2 Å². The molecule has 4 rings (SSSR count). The zero-order valence-electron chi connectivity index (χ0n) is 10.9. The molecule has 0 saturated heterocycles. The highest BCUT2D eigenvalue weighted by molar-refractivity contribution is 8.93. The van der Waals surface area contributed by atoms with Gasteiger partial charge >= 0.3 is 0 Å². The molecule has 0 spiro atoms. The first-order chi connectivity index (χ1) is 9.78. The fourth-order valence-electron chi connectivity index (χ4n) is 2.55. The van der Waals surface area contributed by atoms with Crippen LogP contribution in [0.2, 0.25) is 5.02 Å². The Kier molecular flexibility index (Phi) is 4.34. The minimum absolute atomic E-state index is 0. The Labute approximate surface area is 146 Å². The lowest BCUT2D eigenvalue weighted by Gasteiger charge is -2.15. The van der Waals surface area contributed by atoms with Crippen LogP contribution in [0.5, 0.6) is 0 Å². The van der Waals surface area contributed by atoms with Gasteiger partial charge in [0.1, 0.15) is 0 Å². The van der Waals surface area contributed by atoms with Gasteiger partial charge in [-0.3, -0.25) is 4.99 Å². The maximum atomic E-state index is 9.60. The van der Waals surface area contributed by atoms with Crippen LogP contribution in [-0.2, 0) is 0 Å². The predicted octanol–water partition coefficient (Wildman–Crippen LogP) is 4.21. The molecule has 0 unspecified atom stereocenters. The zero-order valence-corrected chi connectivity index (χ0v) is 15.0. The summed E-state index contributed by atoms with van der Waals surface area (Å²) >= 11 is 9.52. The molecular formula is C14H12BrClN2OS2. The maximum absolute atomic E-state index is 9.60. The zero-order chi connectivity index (χ0) is 13.7. The molecule has 1 aromatic heterocycles. The first-order valence-corrected chi connectivity index (χ1v) is 8.31. The minimum Gasteiger partial charge on any atom is -0.391 e. The number of rotatable bonds is 2. The molecule has 2 aliphatic heterocycles. The monoisotopic (exact) mass is 402 g/mol. The molecule has 3 heterocycles. The number of amidine groups is 1. The fourth-order valence-corrected chi connectivity index (χ4v) is 5.11. The van der Waals surface area contributed by atoms with Gasteiger partial charge in [-0.15, -0.1) is 28.3 Å². The molecule has 21 heavy (non-hydrogen) atoms. The first-order valence-electron chi connectivity index (χ1n) is 6.30. The Morgan fingerprint density at radius 2 is 2.24 bits per heavy atom. The maximum Gasteiger partial charge on any atom is 0.168 e. The normalized spacial score (nSPS) is 17.2. The number of benzene rings is 1. The Morgan fingerprint density at radius 1 is 1.38 bits per heavy atom. The summed E-state index contributed by atoms with van der Waals surface area (Å²) in [7, 11) is 0. The van der Waals surface area contributed by atoms with E-state index in [0.717, 1.165) is 48.8 Å².